The lowest BCUT2D eigenvalue weighted by Gasteiger charge is -2.25. The summed E-state index contributed by atoms with van der Waals surface area (Å²) in [4.78, 5) is 21.6. The van der Waals surface area contributed by atoms with Crippen LogP contribution in [-0.4, -0.2) is 74.1 Å². The van der Waals surface area contributed by atoms with Gasteiger partial charge in [-0.15, -0.1) is 0 Å². The third kappa shape index (κ3) is 48.4. The largest absolute Gasteiger partial charge is 0.474 e. The molecule has 380 valence electrons. The van der Waals surface area contributed by atoms with Gasteiger partial charge in [0.25, 0.3) is 0 Å². The maximum Gasteiger partial charge on any atom is 0.474 e. The normalized spacial score (nSPS) is 14.3. The van der Waals surface area contributed by atoms with Crippen molar-refractivity contribution in [3.8, 4) is 0 Å². The number of rotatable bonds is 39. The molecule has 62 heavy (non-hydrogen) atoms. The number of hydrogen-bond acceptors (Lipinski definition) is 13. The van der Waals surface area contributed by atoms with Crippen LogP contribution in [0.25, 0.3) is 0 Å². The zero-order valence-electron chi connectivity index (χ0n) is 41.3. The summed E-state index contributed by atoms with van der Waals surface area (Å²) in [6.45, 7) is 28.2. The second kappa shape index (κ2) is 46.5. The van der Waals surface area contributed by atoms with E-state index in [1.54, 1.807) is 20.8 Å². The Hall–Kier alpha value is 0.440. The van der Waals surface area contributed by atoms with Crippen molar-refractivity contribution in [1.29, 1.82) is 0 Å². The van der Waals surface area contributed by atoms with E-state index in [1.165, 1.54) is 38.5 Å². The van der Waals surface area contributed by atoms with Gasteiger partial charge in [-0.2, -0.15) is 0 Å². The number of unbranched alkanes of at least 4 members (excludes halogenated alkanes) is 6. The number of hydrogen-bond donors (Lipinski definition) is 3. The Labute approximate surface area is 379 Å². The molecule has 20 heteroatoms. The summed E-state index contributed by atoms with van der Waals surface area (Å²) < 4.78 is 93.8. The number of phosphoric ester groups is 3. The molecule has 0 radical (unpaired) electrons. The highest BCUT2D eigenvalue weighted by atomic mass is 31.2. The smallest absolute Gasteiger partial charge is 0.303 e. The van der Waals surface area contributed by atoms with Gasteiger partial charge in [-0.25, -0.2) is 18.3 Å². The third-order valence-electron chi connectivity index (χ3n) is 9.14. The second-order valence-electron chi connectivity index (χ2n) is 14.8. The Morgan fingerprint density at radius 3 is 0.742 bits per heavy atom. The van der Waals surface area contributed by atoms with Gasteiger partial charge >= 0.3 is 31.3 Å². The van der Waals surface area contributed by atoms with Crippen molar-refractivity contribution in [3.05, 3.63) is 0 Å². The highest BCUT2D eigenvalue weighted by molar-refractivity contribution is 7.49. The van der Waals surface area contributed by atoms with Crippen molar-refractivity contribution < 1.29 is 73.7 Å². The standard InChI is InChI=1S/C24H51O4P.C12H27O4P.C6H15O4P.H3O4P/c1-7-13-16-22(10-4)19-26-29(25,27-20-23(11-5)17-14-8-2)28-21-24(12-6)18-15-9-3;1-4-7-10-14-17(13,15-11-8-5-2)16-12-9-6-3;1-4-8-11(7,9-5-2)10-6-3;1-5(2,3)4/h22-24H,7-21H2,1-6H3;4-12H2,1-3H3;4-6H2,1-3H3;(H3,1,2,3,4). The van der Waals surface area contributed by atoms with E-state index < -0.39 is 31.3 Å². The minimum absolute atomic E-state index is 0.331. The molecule has 16 nitrogen and oxygen atoms in total. The quantitative estimate of drug-likeness (QED) is 0.0386. The Morgan fingerprint density at radius 1 is 0.339 bits per heavy atom. The molecule has 0 amide bonds. The average Bonchev–Trinajstić information content (AvgIpc) is 3.21. The molecule has 0 heterocycles. The highest BCUT2D eigenvalue weighted by Crippen LogP contribution is 2.52. The van der Waals surface area contributed by atoms with Crippen LogP contribution in [0, 0.1) is 17.8 Å². The Kier molecular flexibility index (Phi) is 51.8. The van der Waals surface area contributed by atoms with Crippen molar-refractivity contribution in [2.45, 2.75) is 199 Å². The highest BCUT2D eigenvalue weighted by Gasteiger charge is 2.30. The molecule has 0 aromatic rings. The van der Waals surface area contributed by atoms with Gasteiger partial charge in [0.2, 0.25) is 0 Å². The van der Waals surface area contributed by atoms with Crippen LogP contribution in [-0.2, 0) is 59.0 Å². The molecule has 0 spiro atoms. The van der Waals surface area contributed by atoms with Gasteiger partial charge in [0, 0.05) is 0 Å². The van der Waals surface area contributed by atoms with Crippen LogP contribution in [0.5, 0.6) is 0 Å². The SMILES string of the molecule is CCCCC(CC)COP(=O)(OCC(CC)CCCC)OCC(CC)CCCC.CCCCOP(=O)(OCCCC)OCCCC.CCOP(=O)(OCC)OCC.O=P(O)(O)O. The van der Waals surface area contributed by atoms with Crippen molar-refractivity contribution in [2.24, 2.45) is 17.8 Å². The lowest BCUT2D eigenvalue weighted by Crippen LogP contribution is -2.16. The van der Waals surface area contributed by atoms with Crippen LogP contribution in [0.15, 0.2) is 0 Å². The first-order valence-electron chi connectivity index (χ1n) is 23.7. The molecule has 0 aromatic heterocycles. The van der Waals surface area contributed by atoms with E-state index in [0.717, 1.165) is 77.0 Å². The zero-order valence-corrected chi connectivity index (χ0v) is 44.8. The maximum atomic E-state index is 13.4. The van der Waals surface area contributed by atoms with Gasteiger partial charge < -0.3 is 14.7 Å². The molecule has 3 N–H and O–H groups in total. The molecule has 0 bridgehead atoms. The molecule has 0 fully saturated rings. The predicted molar refractivity (Wildman–Crippen MR) is 252 cm³/mol. The first-order valence-corrected chi connectivity index (χ1v) is 29.7. The molecule has 0 saturated carbocycles. The van der Waals surface area contributed by atoms with E-state index in [4.69, 9.17) is 60.0 Å². The van der Waals surface area contributed by atoms with Crippen LogP contribution < -0.4 is 0 Å². The van der Waals surface area contributed by atoms with E-state index >= 15 is 0 Å². The van der Waals surface area contributed by atoms with E-state index in [1.807, 2.05) is 0 Å². The zero-order chi connectivity index (χ0) is 48.2. The average molecular weight is 981 g/mol. The summed E-state index contributed by atoms with van der Waals surface area (Å²) >= 11 is 0. The van der Waals surface area contributed by atoms with Crippen molar-refractivity contribution in [1.82, 2.24) is 0 Å². The molecular formula is C42H96O16P4. The Bertz CT molecular complexity index is 1010. The van der Waals surface area contributed by atoms with E-state index in [-0.39, 0.29) is 0 Å². The van der Waals surface area contributed by atoms with E-state index in [9.17, 15) is 13.7 Å². The fourth-order valence-electron chi connectivity index (χ4n) is 5.06. The Balaban J connectivity index is -0.000000426. The molecular weight excluding hydrogens is 884 g/mol. The molecule has 0 aromatic carbocycles. The van der Waals surface area contributed by atoms with Gasteiger partial charge in [-0.1, -0.05) is 139 Å². The topological polar surface area (TPSA) is 212 Å². The molecule has 3 unspecified atom stereocenters. The monoisotopic (exact) mass is 981 g/mol. The van der Waals surface area contributed by atoms with Crippen molar-refractivity contribution >= 4 is 31.3 Å². The van der Waals surface area contributed by atoms with Crippen molar-refractivity contribution in [3.63, 3.8) is 0 Å². The fraction of sp³-hybridized carbons (Fsp3) is 1.00. The van der Waals surface area contributed by atoms with Crippen LogP contribution in [0.3, 0.4) is 0 Å². The molecule has 0 saturated heterocycles. The van der Waals surface area contributed by atoms with E-state index in [2.05, 4.69) is 62.3 Å². The molecule has 0 aliphatic carbocycles. The first kappa shape index (κ1) is 69.0. The molecule has 0 aliphatic rings. The van der Waals surface area contributed by atoms with Crippen LogP contribution >= 0.6 is 31.3 Å². The lowest BCUT2D eigenvalue weighted by molar-refractivity contribution is 0.0732. The van der Waals surface area contributed by atoms with Gasteiger partial charge in [-0.3, -0.25) is 40.7 Å². The predicted octanol–water partition coefficient (Wildman–Crippen LogP) is 14.6. The van der Waals surface area contributed by atoms with Gasteiger partial charge in [0.1, 0.15) is 0 Å². The summed E-state index contributed by atoms with van der Waals surface area (Å²) in [5.74, 6) is 1.25. The maximum absolute atomic E-state index is 13.4. The summed E-state index contributed by atoms with van der Waals surface area (Å²) in [7, 11) is -14.7. The van der Waals surface area contributed by atoms with E-state index in [0.29, 0.717) is 77.2 Å². The van der Waals surface area contributed by atoms with Crippen molar-refractivity contribution in [2.75, 3.05) is 59.5 Å². The fourth-order valence-corrected chi connectivity index (χ4v) is 8.91. The minimum atomic E-state index is -4.64. The molecule has 3 atom stereocenters. The lowest BCUT2D eigenvalue weighted by atomic mass is 10.0. The van der Waals surface area contributed by atoms with Gasteiger partial charge in [0.15, 0.2) is 0 Å². The van der Waals surface area contributed by atoms with Crippen LogP contribution in [0.2, 0.25) is 0 Å². The minimum Gasteiger partial charge on any atom is -0.303 e. The molecule has 0 aliphatic heterocycles. The first-order chi connectivity index (χ1) is 29.3. The summed E-state index contributed by atoms with van der Waals surface area (Å²) in [6.07, 6.45) is 19.1. The van der Waals surface area contributed by atoms with Crippen LogP contribution in [0.4, 0.5) is 0 Å². The summed E-state index contributed by atoms with van der Waals surface area (Å²) in [5.41, 5.74) is 0. The third-order valence-corrected chi connectivity index (χ3v) is 13.8. The Morgan fingerprint density at radius 2 is 0.548 bits per heavy atom. The number of phosphoric acid groups is 4. The molecule has 0 rings (SSSR count). The summed E-state index contributed by atoms with van der Waals surface area (Å²) in [6, 6.07) is 0. The van der Waals surface area contributed by atoms with Crippen LogP contribution in [0.1, 0.15) is 199 Å². The second-order valence-corrected chi connectivity index (χ2v) is 20.8. The van der Waals surface area contributed by atoms with Gasteiger partial charge in [0.05, 0.1) is 59.5 Å². The summed E-state index contributed by atoms with van der Waals surface area (Å²) in [5, 5.41) is 0. The van der Waals surface area contributed by atoms with Gasteiger partial charge in [-0.05, 0) is 77.0 Å².